The number of carboxylic acid groups (broad SMARTS) is 1. The van der Waals surface area contributed by atoms with E-state index in [0.717, 1.165) is 16.7 Å². The monoisotopic (exact) mass is 437 g/mol. The van der Waals surface area contributed by atoms with Gasteiger partial charge in [0, 0.05) is 23.1 Å². The van der Waals surface area contributed by atoms with Crippen molar-refractivity contribution in [3.63, 3.8) is 0 Å². The molecule has 1 heterocycles. The minimum atomic E-state index is -2.82. The van der Waals surface area contributed by atoms with Gasteiger partial charge in [0.05, 0.1) is 6.42 Å². The molecule has 7 heteroatoms. The summed E-state index contributed by atoms with van der Waals surface area (Å²) in [4.78, 5) is 11.1. The van der Waals surface area contributed by atoms with E-state index in [4.69, 9.17) is 20.0 Å². The molecular formula is C25H21F2NO4. The third kappa shape index (κ3) is 4.48. The van der Waals surface area contributed by atoms with Crippen LogP contribution in [0.5, 0.6) is 5.75 Å². The molecule has 1 aromatic heterocycles. The Labute approximate surface area is 183 Å². The first-order valence-electron chi connectivity index (χ1n) is 10.0. The highest BCUT2D eigenvalue weighted by Gasteiger charge is 2.23. The zero-order chi connectivity index (χ0) is 22.7. The fraction of sp³-hybridized carbons (Fsp3) is 0.160. The molecule has 3 N–H and O–H groups in total. The number of alkyl halides is 2. The summed E-state index contributed by atoms with van der Waals surface area (Å²) in [7, 11) is 0. The van der Waals surface area contributed by atoms with Gasteiger partial charge in [0.25, 0.3) is 6.43 Å². The SMILES string of the molecule is NCc1cccc(-c2ccc3oc(C(F)F)c(COc4ccccc4CC(=O)O)c3c2)c1. The Morgan fingerprint density at radius 2 is 1.81 bits per heavy atom. The predicted molar refractivity (Wildman–Crippen MR) is 117 cm³/mol. The molecule has 0 bridgehead atoms. The van der Waals surface area contributed by atoms with Crippen molar-refractivity contribution in [1.82, 2.24) is 0 Å². The van der Waals surface area contributed by atoms with Gasteiger partial charge in [-0.05, 0) is 41.0 Å². The Bertz CT molecular complexity index is 1270. The van der Waals surface area contributed by atoms with Crippen molar-refractivity contribution in [1.29, 1.82) is 0 Å². The van der Waals surface area contributed by atoms with E-state index in [-0.39, 0.29) is 18.6 Å². The van der Waals surface area contributed by atoms with Gasteiger partial charge in [-0.3, -0.25) is 4.79 Å². The number of fused-ring (bicyclic) bond motifs is 1. The Hall–Kier alpha value is -3.71. The Kier molecular flexibility index (Phi) is 6.18. The molecule has 4 aromatic rings. The maximum Gasteiger partial charge on any atom is 0.307 e. The van der Waals surface area contributed by atoms with Gasteiger partial charge >= 0.3 is 5.97 Å². The molecule has 0 atom stereocenters. The van der Waals surface area contributed by atoms with Gasteiger partial charge in [0.15, 0.2) is 5.76 Å². The number of carboxylic acids is 1. The summed E-state index contributed by atoms with van der Waals surface area (Å²) in [5, 5.41) is 9.62. The highest BCUT2D eigenvalue weighted by molar-refractivity contribution is 5.87. The minimum absolute atomic E-state index is 0.185. The standard InChI is InChI=1S/C25H21F2NO4/c26-25(27)24-20(14-31-21-7-2-1-5-18(21)12-23(29)30)19-11-17(8-9-22(19)32-24)16-6-3-4-15(10-16)13-28/h1-11,25H,12-14,28H2,(H,29,30). The van der Waals surface area contributed by atoms with Crippen LogP contribution in [-0.4, -0.2) is 11.1 Å². The lowest BCUT2D eigenvalue weighted by molar-refractivity contribution is -0.136. The molecule has 164 valence electrons. The fourth-order valence-electron chi connectivity index (χ4n) is 3.65. The van der Waals surface area contributed by atoms with E-state index < -0.39 is 18.2 Å². The fourth-order valence-corrected chi connectivity index (χ4v) is 3.65. The van der Waals surface area contributed by atoms with Gasteiger partial charge < -0.3 is 20.0 Å². The van der Waals surface area contributed by atoms with Gasteiger partial charge in [-0.25, -0.2) is 8.78 Å². The zero-order valence-electron chi connectivity index (χ0n) is 17.1. The first-order chi connectivity index (χ1) is 15.5. The van der Waals surface area contributed by atoms with Crippen LogP contribution < -0.4 is 10.5 Å². The summed E-state index contributed by atoms with van der Waals surface area (Å²) >= 11 is 0. The topological polar surface area (TPSA) is 85.7 Å². The van der Waals surface area contributed by atoms with Crippen LogP contribution in [0.15, 0.2) is 71.1 Å². The number of halogens is 2. The second-order valence-electron chi connectivity index (χ2n) is 7.33. The Morgan fingerprint density at radius 1 is 1.03 bits per heavy atom. The molecule has 0 unspecified atom stereocenters. The zero-order valence-corrected chi connectivity index (χ0v) is 17.1. The third-order valence-electron chi connectivity index (χ3n) is 5.20. The van der Waals surface area contributed by atoms with E-state index in [9.17, 15) is 13.6 Å². The number of hydrogen-bond acceptors (Lipinski definition) is 4. The number of para-hydroxylation sites is 1. The van der Waals surface area contributed by atoms with Crippen molar-refractivity contribution in [2.75, 3.05) is 0 Å². The molecule has 0 spiro atoms. The largest absolute Gasteiger partial charge is 0.488 e. The van der Waals surface area contributed by atoms with Crippen LogP contribution in [-0.2, 0) is 24.4 Å². The maximum atomic E-state index is 13.7. The number of rotatable bonds is 8. The molecule has 32 heavy (non-hydrogen) atoms. The molecule has 0 saturated carbocycles. The average molecular weight is 437 g/mol. The minimum Gasteiger partial charge on any atom is -0.488 e. The number of carbonyl (C=O) groups is 1. The van der Waals surface area contributed by atoms with Crippen molar-refractivity contribution in [2.24, 2.45) is 5.73 Å². The molecule has 5 nitrogen and oxygen atoms in total. The molecule has 0 aliphatic rings. The first kappa shape index (κ1) is 21.5. The quantitative estimate of drug-likeness (QED) is 0.369. The highest BCUT2D eigenvalue weighted by Crippen LogP contribution is 2.36. The molecule has 0 aliphatic heterocycles. The number of ether oxygens (including phenoxy) is 1. The summed E-state index contributed by atoms with van der Waals surface area (Å²) in [6.45, 7) is 0.210. The smallest absolute Gasteiger partial charge is 0.307 e. The van der Waals surface area contributed by atoms with E-state index in [1.54, 1.807) is 36.4 Å². The molecule has 0 aliphatic carbocycles. The van der Waals surface area contributed by atoms with E-state index in [1.165, 1.54) is 0 Å². The lowest BCUT2D eigenvalue weighted by Crippen LogP contribution is -2.05. The number of furan rings is 1. The van der Waals surface area contributed by atoms with E-state index >= 15 is 0 Å². The van der Waals surface area contributed by atoms with Crippen LogP contribution in [0.1, 0.15) is 28.9 Å². The molecule has 0 amide bonds. The summed E-state index contributed by atoms with van der Waals surface area (Å²) in [5.41, 5.74) is 9.47. The van der Waals surface area contributed by atoms with Gasteiger partial charge in [0.1, 0.15) is 17.9 Å². The Balaban J connectivity index is 1.73. The predicted octanol–water partition coefficient (Wildman–Crippen LogP) is 5.70. The van der Waals surface area contributed by atoms with Crippen molar-refractivity contribution in [2.45, 2.75) is 26.0 Å². The number of aliphatic carboxylic acids is 1. The summed E-state index contributed by atoms with van der Waals surface area (Å²) in [6, 6.07) is 19.6. The summed E-state index contributed by atoms with van der Waals surface area (Å²) in [6.07, 6.45) is -3.05. The van der Waals surface area contributed by atoms with Crippen LogP contribution >= 0.6 is 0 Å². The second kappa shape index (κ2) is 9.20. The molecular weight excluding hydrogens is 416 g/mol. The van der Waals surface area contributed by atoms with Crippen molar-refractivity contribution < 1.29 is 27.8 Å². The second-order valence-corrected chi connectivity index (χ2v) is 7.33. The summed E-state index contributed by atoms with van der Waals surface area (Å²) in [5.74, 6) is -1.13. The van der Waals surface area contributed by atoms with Crippen LogP contribution in [0, 0.1) is 0 Å². The van der Waals surface area contributed by atoms with Gasteiger partial charge in [0.2, 0.25) is 0 Å². The van der Waals surface area contributed by atoms with Crippen LogP contribution in [0.3, 0.4) is 0 Å². The van der Waals surface area contributed by atoms with E-state index in [0.29, 0.717) is 28.8 Å². The number of benzene rings is 3. The third-order valence-corrected chi connectivity index (χ3v) is 5.20. The van der Waals surface area contributed by atoms with Crippen LogP contribution in [0.4, 0.5) is 8.78 Å². The highest BCUT2D eigenvalue weighted by atomic mass is 19.3. The summed E-state index contributed by atoms with van der Waals surface area (Å²) < 4.78 is 38.7. The molecule has 0 saturated heterocycles. The molecule has 3 aromatic carbocycles. The van der Waals surface area contributed by atoms with Gasteiger partial charge in [-0.2, -0.15) is 0 Å². The lowest BCUT2D eigenvalue weighted by atomic mass is 10.0. The molecule has 0 radical (unpaired) electrons. The Morgan fingerprint density at radius 3 is 2.56 bits per heavy atom. The van der Waals surface area contributed by atoms with Gasteiger partial charge in [-0.15, -0.1) is 0 Å². The normalized spacial score (nSPS) is 11.2. The first-order valence-corrected chi connectivity index (χ1v) is 10.0. The van der Waals surface area contributed by atoms with E-state index in [1.807, 2.05) is 30.3 Å². The number of hydrogen-bond donors (Lipinski definition) is 2. The number of nitrogens with two attached hydrogens (primary N) is 1. The maximum absolute atomic E-state index is 13.7. The molecule has 4 rings (SSSR count). The van der Waals surface area contributed by atoms with Crippen LogP contribution in [0.25, 0.3) is 22.1 Å². The lowest BCUT2D eigenvalue weighted by Gasteiger charge is -2.11. The molecule has 0 fully saturated rings. The van der Waals surface area contributed by atoms with Crippen molar-refractivity contribution in [3.05, 3.63) is 89.2 Å². The van der Waals surface area contributed by atoms with Crippen molar-refractivity contribution >= 4 is 16.9 Å². The van der Waals surface area contributed by atoms with Crippen molar-refractivity contribution in [3.8, 4) is 16.9 Å². The average Bonchev–Trinajstić information content (AvgIpc) is 3.16. The van der Waals surface area contributed by atoms with Gasteiger partial charge in [-0.1, -0.05) is 42.5 Å². The van der Waals surface area contributed by atoms with Crippen LogP contribution in [0.2, 0.25) is 0 Å². The van der Waals surface area contributed by atoms with E-state index in [2.05, 4.69) is 0 Å².